The molecule has 91 heavy (non-hydrogen) atoms. The van der Waals surface area contributed by atoms with Gasteiger partial charge in [-0.2, -0.15) is 0 Å². The molecule has 0 unspecified atom stereocenters. The van der Waals surface area contributed by atoms with E-state index in [0.717, 1.165) is 44.9 Å². The molecule has 0 radical (unpaired) electrons. The minimum Gasteiger partial charge on any atom is -0.0654 e. The summed E-state index contributed by atoms with van der Waals surface area (Å²) in [6.07, 6.45) is 45.6. The van der Waals surface area contributed by atoms with E-state index in [0.29, 0.717) is 0 Å². The molecule has 500 valence electrons. The summed E-state index contributed by atoms with van der Waals surface area (Å²) in [6, 6.07) is 48.4. The van der Waals surface area contributed by atoms with E-state index in [2.05, 4.69) is 199 Å². The summed E-state index contributed by atoms with van der Waals surface area (Å²) in [5.41, 5.74) is 20.4. The summed E-state index contributed by atoms with van der Waals surface area (Å²) in [4.78, 5) is 0. The van der Waals surface area contributed by atoms with Gasteiger partial charge in [0.2, 0.25) is 0 Å². The zero-order chi connectivity index (χ0) is 65.2. The van der Waals surface area contributed by atoms with Crippen molar-refractivity contribution in [3.05, 3.63) is 176 Å². The number of aryl methyl sites for hydroxylation is 6. The number of benzene rings is 6. The fourth-order valence-electron chi connectivity index (χ4n) is 15.0. The van der Waals surface area contributed by atoms with Crippen LogP contribution in [-0.4, -0.2) is 4.64 Å². The van der Waals surface area contributed by atoms with Gasteiger partial charge < -0.3 is 0 Å². The zero-order valence-electron chi connectivity index (χ0n) is 61.1. The third-order valence-electron chi connectivity index (χ3n) is 20.1. The summed E-state index contributed by atoms with van der Waals surface area (Å²) < 4.78 is -0.229. The van der Waals surface area contributed by atoms with Gasteiger partial charge in [-0.1, -0.05) is 283 Å². The SMILES string of the molecule is CCCCc1cccc(P(c2cccc(CCCC)c2CCCC)C(CCC)(P(c2cccc(CCCC)c2CCCC)c2cccc(CCCC)c2CCCC)P(c2cccc(CCCC)c2CCCC)c2cccc(CCCC)c2CCCC)c1CCCC. The van der Waals surface area contributed by atoms with E-state index in [4.69, 9.17) is 0 Å². The van der Waals surface area contributed by atoms with Crippen LogP contribution in [0.5, 0.6) is 0 Å². The molecule has 0 atom stereocenters. The van der Waals surface area contributed by atoms with Crippen molar-refractivity contribution >= 4 is 55.6 Å². The Labute approximate surface area is 566 Å². The van der Waals surface area contributed by atoms with Crippen LogP contribution in [0.3, 0.4) is 0 Å². The van der Waals surface area contributed by atoms with Gasteiger partial charge >= 0.3 is 0 Å². The van der Waals surface area contributed by atoms with Crippen LogP contribution in [-0.2, 0) is 77.0 Å². The molecule has 0 nitrogen and oxygen atoms in total. The summed E-state index contributed by atoms with van der Waals surface area (Å²) >= 11 is 0. The fourth-order valence-corrected chi connectivity index (χ4v) is 30.2. The molecule has 0 aromatic heterocycles. The average Bonchev–Trinajstić information content (AvgIpc) is 0.700. The minimum atomic E-state index is -1.14. The predicted octanol–water partition coefficient (Wildman–Crippen LogP) is 25.0. The van der Waals surface area contributed by atoms with Gasteiger partial charge in [0.25, 0.3) is 0 Å². The lowest BCUT2D eigenvalue weighted by molar-refractivity contribution is 0.758. The highest BCUT2D eigenvalue weighted by Crippen LogP contribution is 2.81. The lowest BCUT2D eigenvalue weighted by Gasteiger charge is -2.55. The Bertz CT molecular complexity index is 2490. The van der Waals surface area contributed by atoms with Gasteiger partial charge in [0.15, 0.2) is 0 Å². The van der Waals surface area contributed by atoms with Crippen molar-refractivity contribution in [2.75, 3.05) is 0 Å². The third kappa shape index (κ3) is 20.3. The summed E-state index contributed by atoms with van der Waals surface area (Å²) in [7, 11) is -3.42. The van der Waals surface area contributed by atoms with Crippen molar-refractivity contribution in [1.82, 2.24) is 0 Å². The Kier molecular flexibility index (Phi) is 36.1. The van der Waals surface area contributed by atoms with Crippen LogP contribution in [0.25, 0.3) is 0 Å². The Balaban J connectivity index is 2.21. The number of hydrogen-bond donors (Lipinski definition) is 0. The second-order valence-corrected chi connectivity index (χ2v) is 35.5. The smallest absolute Gasteiger partial charge is 0.0546 e. The molecule has 0 bridgehead atoms. The molecular formula is C88H133P3. The van der Waals surface area contributed by atoms with Crippen molar-refractivity contribution in [3.8, 4) is 0 Å². The largest absolute Gasteiger partial charge is 0.0654 e. The molecule has 0 saturated heterocycles. The van der Waals surface area contributed by atoms with Gasteiger partial charge in [-0.15, -0.1) is 0 Å². The van der Waals surface area contributed by atoms with Gasteiger partial charge in [-0.25, -0.2) is 0 Å². The van der Waals surface area contributed by atoms with Crippen molar-refractivity contribution in [3.63, 3.8) is 0 Å². The monoisotopic (exact) mass is 1280 g/mol. The maximum absolute atomic E-state index is 2.83. The molecule has 0 amide bonds. The maximum atomic E-state index is 2.83. The molecule has 6 aromatic carbocycles. The number of unbranched alkanes of at least 4 members (excludes halogenated alkanes) is 12. The number of rotatable bonds is 47. The van der Waals surface area contributed by atoms with Gasteiger partial charge in [0, 0.05) is 0 Å². The Morgan fingerprint density at radius 3 is 0.495 bits per heavy atom. The molecule has 0 heterocycles. The van der Waals surface area contributed by atoms with E-state index < -0.39 is 23.8 Å². The second kappa shape index (κ2) is 42.9. The first-order valence-corrected chi connectivity index (χ1v) is 42.8. The van der Waals surface area contributed by atoms with Crippen LogP contribution >= 0.6 is 23.8 Å². The molecule has 0 aliphatic heterocycles. The summed E-state index contributed by atoms with van der Waals surface area (Å²) in [6.45, 7) is 32.1. The van der Waals surface area contributed by atoms with E-state index in [1.54, 1.807) is 98.6 Å². The highest BCUT2D eigenvalue weighted by atomic mass is 31.2. The lowest BCUT2D eigenvalue weighted by Crippen LogP contribution is -2.45. The van der Waals surface area contributed by atoms with E-state index in [-0.39, 0.29) is 4.64 Å². The molecule has 6 rings (SSSR count). The topological polar surface area (TPSA) is 0 Å². The Hall–Kier alpha value is -3.39. The zero-order valence-corrected chi connectivity index (χ0v) is 63.8. The Morgan fingerprint density at radius 2 is 0.352 bits per heavy atom. The van der Waals surface area contributed by atoms with E-state index in [9.17, 15) is 0 Å². The molecule has 0 fully saturated rings. The normalized spacial score (nSPS) is 12.0. The fraction of sp³-hybridized carbons (Fsp3) is 0.591. The van der Waals surface area contributed by atoms with Gasteiger partial charge in [0.05, 0.1) is 4.64 Å². The maximum Gasteiger partial charge on any atom is 0.0546 e. The molecular weight excluding hydrogens is 1150 g/mol. The molecule has 0 aliphatic carbocycles. The summed E-state index contributed by atoms with van der Waals surface area (Å²) in [5, 5.41) is 10.6. The van der Waals surface area contributed by atoms with Gasteiger partial charge in [0.1, 0.15) is 0 Å². The lowest BCUT2D eigenvalue weighted by atomic mass is 9.97. The molecule has 0 saturated carbocycles. The molecule has 6 aromatic rings. The average molecular weight is 1280 g/mol. The first-order chi connectivity index (χ1) is 44.7. The molecule has 0 aliphatic rings. The Morgan fingerprint density at radius 1 is 0.198 bits per heavy atom. The van der Waals surface area contributed by atoms with Gasteiger partial charge in [-0.3, -0.25) is 0 Å². The van der Waals surface area contributed by atoms with Gasteiger partial charge in [-0.05, 0) is 283 Å². The number of hydrogen-bond acceptors (Lipinski definition) is 0. The standard InChI is InChI=1S/C88H133P3/c1-14-27-45-70-51-39-63-82(76(70)57-33-20-7)89(83-64-40-52-71(46-28-15-2)77(83)58-34-21-8)88(69-26-13,90(84-65-41-53-72(47-29-16-3)78(84)59-35-22-9)85-66-42-54-73(48-30-17-4)79(85)60-36-23-10)91(86-67-43-55-74(49-31-18-5)80(86)61-37-24-11)87-68-44-56-75(50-32-19-6)81(87)62-38-25-12/h39-44,51-56,63-68H,14-38,45-50,57-62,69H2,1-13H3. The highest BCUT2D eigenvalue weighted by Gasteiger charge is 2.56. The highest BCUT2D eigenvalue weighted by molar-refractivity contribution is 8.05. The summed E-state index contributed by atoms with van der Waals surface area (Å²) in [5.74, 6) is 0. The molecule has 0 N–H and O–H groups in total. The molecule has 3 heteroatoms. The predicted molar refractivity (Wildman–Crippen MR) is 418 cm³/mol. The van der Waals surface area contributed by atoms with Crippen molar-refractivity contribution in [2.45, 2.75) is 339 Å². The van der Waals surface area contributed by atoms with E-state index >= 15 is 0 Å². The van der Waals surface area contributed by atoms with E-state index in [1.807, 2.05) is 0 Å². The minimum absolute atomic E-state index is 0.229. The molecule has 0 spiro atoms. The van der Waals surface area contributed by atoms with Crippen molar-refractivity contribution in [2.24, 2.45) is 0 Å². The van der Waals surface area contributed by atoms with Crippen LogP contribution in [0.2, 0.25) is 0 Å². The van der Waals surface area contributed by atoms with Crippen LogP contribution in [0.15, 0.2) is 109 Å². The van der Waals surface area contributed by atoms with E-state index in [1.165, 1.54) is 199 Å². The van der Waals surface area contributed by atoms with Crippen LogP contribution in [0, 0.1) is 0 Å². The van der Waals surface area contributed by atoms with Crippen molar-refractivity contribution in [1.29, 1.82) is 0 Å². The first-order valence-electron chi connectivity index (χ1n) is 38.8. The first kappa shape index (κ1) is 76.6. The van der Waals surface area contributed by atoms with Crippen LogP contribution in [0.4, 0.5) is 0 Å². The third-order valence-corrected chi connectivity index (χ3v) is 31.9. The second-order valence-electron chi connectivity index (χ2n) is 27.3. The van der Waals surface area contributed by atoms with Crippen LogP contribution < -0.4 is 31.8 Å². The van der Waals surface area contributed by atoms with Crippen molar-refractivity contribution < 1.29 is 0 Å². The van der Waals surface area contributed by atoms with Crippen LogP contribution in [0.1, 0.15) is 324 Å². The quantitative estimate of drug-likeness (QED) is 0.0334.